The van der Waals surface area contributed by atoms with Gasteiger partial charge in [0.1, 0.15) is 18.3 Å². The quantitative estimate of drug-likeness (QED) is 0.332. The van der Waals surface area contributed by atoms with E-state index < -0.39 is 34.4 Å². The highest BCUT2D eigenvalue weighted by molar-refractivity contribution is 7.92. The van der Waals surface area contributed by atoms with E-state index >= 15 is 0 Å². The average Bonchev–Trinajstić information content (AvgIpc) is 2.97. The molecule has 0 aliphatic rings. The lowest BCUT2D eigenvalue weighted by Gasteiger charge is -2.32. The summed E-state index contributed by atoms with van der Waals surface area (Å²) >= 11 is 6.27. The molecule has 0 fully saturated rings. The minimum Gasteiger partial charge on any atom is -0.495 e. The minimum absolute atomic E-state index is 0.0478. The van der Waals surface area contributed by atoms with Crippen molar-refractivity contribution in [3.05, 3.63) is 76.8 Å². The van der Waals surface area contributed by atoms with Crippen LogP contribution >= 0.6 is 11.6 Å². The van der Waals surface area contributed by atoms with E-state index in [0.717, 1.165) is 15.4 Å². The molecule has 0 unspecified atom stereocenters. The van der Waals surface area contributed by atoms with Gasteiger partial charge >= 0.3 is 0 Å². The van der Waals surface area contributed by atoms with Gasteiger partial charge in [-0.15, -0.1) is 0 Å². The number of nitrogens with one attached hydrogen (secondary N) is 1. The molecule has 1 atom stereocenters. The van der Waals surface area contributed by atoms with E-state index in [1.165, 1.54) is 63.6 Å². The van der Waals surface area contributed by atoms with Crippen LogP contribution in [0.1, 0.15) is 18.1 Å². The Morgan fingerprint density at radius 1 is 0.927 bits per heavy atom. The van der Waals surface area contributed by atoms with Crippen LogP contribution in [0, 0.1) is 6.92 Å². The van der Waals surface area contributed by atoms with E-state index in [4.69, 9.17) is 25.8 Å². The van der Waals surface area contributed by atoms with E-state index in [1.807, 2.05) is 31.2 Å². The van der Waals surface area contributed by atoms with Crippen molar-refractivity contribution < 1.29 is 32.2 Å². The van der Waals surface area contributed by atoms with Crippen molar-refractivity contribution >= 4 is 39.1 Å². The summed E-state index contributed by atoms with van der Waals surface area (Å²) < 4.78 is 45.3. The van der Waals surface area contributed by atoms with Crippen LogP contribution < -0.4 is 23.8 Å². The Morgan fingerprint density at radius 2 is 1.56 bits per heavy atom. The molecule has 220 valence electrons. The summed E-state index contributed by atoms with van der Waals surface area (Å²) in [6.07, 6.45) is 0. The molecule has 3 aromatic rings. The predicted molar refractivity (Wildman–Crippen MR) is 157 cm³/mol. The zero-order valence-corrected chi connectivity index (χ0v) is 25.4. The number of hydrogen-bond donors (Lipinski definition) is 1. The standard InChI is InChI=1S/C29H34ClN3O7S/c1-19-9-7-8-10-21(19)17-32(20(2)29(35)31-3)28(34)18-33(24-15-22(30)11-13-25(24)38-4)41(36,37)23-12-14-26(39-5)27(16-23)40-6/h7-16,20H,17-18H2,1-6H3,(H,31,35)/t20-/m0/s1. The molecule has 0 aromatic heterocycles. The molecule has 2 amide bonds. The molecule has 0 aliphatic heterocycles. The maximum atomic E-state index is 14.2. The van der Waals surface area contributed by atoms with Crippen LogP contribution in [0.2, 0.25) is 5.02 Å². The van der Waals surface area contributed by atoms with Crippen molar-refractivity contribution in [3.8, 4) is 17.2 Å². The van der Waals surface area contributed by atoms with Crippen LogP contribution in [0.25, 0.3) is 0 Å². The van der Waals surface area contributed by atoms with Gasteiger partial charge in [0, 0.05) is 24.7 Å². The third kappa shape index (κ3) is 7.04. The first-order chi connectivity index (χ1) is 19.5. The molecule has 0 aliphatic carbocycles. The summed E-state index contributed by atoms with van der Waals surface area (Å²) in [5.41, 5.74) is 1.78. The average molecular weight is 604 g/mol. The van der Waals surface area contributed by atoms with Gasteiger partial charge in [0.05, 0.1) is 31.9 Å². The fourth-order valence-electron chi connectivity index (χ4n) is 4.24. The second-order valence-electron chi connectivity index (χ2n) is 9.08. The van der Waals surface area contributed by atoms with E-state index in [1.54, 1.807) is 13.0 Å². The first-order valence-corrected chi connectivity index (χ1v) is 14.4. The summed E-state index contributed by atoms with van der Waals surface area (Å²) in [5, 5.41) is 2.80. The Kier molecular flexibility index (Phi) is 10.5. The van der Waals surface area contributed by atoms with E-state index in [2.05, 4.69) is 5.32 Å². The van der Waals surface area contributed by atoms with Crippen LogP contribution in [-0.4, -0.2) is 66.1 Å². The number of benzene rings is 3. The summed E-state index contributed by atoms with van der Waals surface area (Å²) in [5.74, 6) is -0.321. The number of anilines is 1. The van der Waals surface area contributed by atoms with Crippen molar-refractivity contribution in [2.75, 3.05) is 39.2 Å². The van der Waals surface area contributed by atoms with E-state index in [-0.39, 0.29) is 33.6 Å². The fraction of sp³-hybridized carbons (Fsp3) is 0.310. The van der Waals surface area contributed by atoms with Crippen LogP contribution in [0.4, 0.5) is 5.69 Å². The molecule has 0 radical (unpaired) electrons. The Morgan fingerprint density at radius 3 is 2.17 bits per heavy atom. The summed E-state index contributed by atoms with van der Waals surface area (Å²) in [4.78, 5) is 27.9. The Bertz CT molecular complexity index is 1510. The van der Waals surface area contributed by atoms with Crippen molar-refractivity contribution in [1.29, 1.82) is 0 Å². The number of ether oxygens (including phenoxy) is 3. The molecule has 1 N–H and O–H groups in total. The highest BCUT2D eigenvalue weighted by Crippen LogP contribution is 2.37. The van der Waals surface area contributed by atoms with Gasteiger partial charge < -0.3 is 24.4 Å². The number of hydrogen-bond acceptors (Lipinski definition) is 7. The number of methoxy groups -OCH3 is 3. The van der Waals surface area contributed by atoms with E-state index in [0.29, 0.717) is 5.75 Å². The molecule has 0 heterocycles. The molecule has 3 aromatic carbocycles. The summed E-state index contributed by atoms with van der Waals surface area (Å²) in [6, 6.07) is 15.1. The van der Waals surface area contributed by atoms with Crippen molar-refractivity contribution in [2.24, 2.45) is 0 Å². The molecule has 12 heteroatoms. The molecule has 0 bridgehead atoms. The van der Waals surface area contributed by atoms with Gasteiger partial charge in [-0.05, 0) is 55.3 Å². The summed E-state index contributed by atoms with van der Waals surface area (Å²) in [6.45, 7) is 2.91. The largest absolute Gasteiger partial charge is 0.495 e. The number of rotatable bonds is 12. The number of halogens is 1. The first-order valence-electron chi connectivity index (χ1n) is 12.6. The third-order valence-corrected chi connectivity index (χ3v) is 8.64. The number of aryl methyl sites for hydroxylation is 1. The number of carbonyl (C=O) groups is 2. The molecule has 3 rings (SSSR count). The number of amides is 2. The summed E-state index contributed by atoms with van der Waals surface area (Å²) in [7, 11) is 1.27. The van der Waals surface area contributed by atoms with Crippen LogP contribution in [0.3, 0.4) is 0 Å². The zero-order chi connectivity index (χ0) is 30.3. The highest BCUT2D eigenvalue weighted by Gasteiger charge is 2.34. The SMILES string of the molecule is CNC(=O)[C@H](C)N(Cc1ccccc1C)C(=O)CN(c1cc(Cl)ccc1OC)S(=O)(=O)c1ccc(OC)c(OC)c1. The lowest BCUT2D eigenvalue weighted by atomic mass is 10.1. The Balaban J connectivity index is 2.16. The number of likely N-dealkylation sites (N-methyl/N-ethyl adjacent to an activating group) is 1. The van der Waals surface area contributed by atoms with Crippen molar-refractivity contribution in [2.45, 2.75) is 31.3 Å². The van der Waals surface area contributed by atoms with Gasteiger partial charge in [-0.3, -0.25) is 13.9 Å². The van der Waals surface area contributed by atoms with Gasteiger partial charge in [0.15, 0.2) is 11.5 Å². The predicted octanol–water partition coefficient (Wildman–Crippen LogP) is 4.03. The van der Waals surface area contributed by atoms with E-state index in [9.17, 15) is 18.0 Å². The Hall–Kier alpha value is -3.96. The van der Waals surface area contributed by atoms with Gasteiger partial charge in [0.25, 0.3) is 10.0 Å². The van der Waals surface area contributed by atoms with Gasteiger partial charge in [0.2, 0.25) is 11.8 Å². The molecule has 0 saturated carbocycles. The monoisotopic (exact) mass is 603 g/mol. The molecular weight excluding hydrogens is 570 g/mol. The zero-order valence-electron chi connectivity index (χ0n) is 23.8. The maximum absolute atomic E-state index is 14.2. The molecule has 0 spiro atoms. The first kappa shape index (κ1) is 31.6. The highest BCUT2D eigenvalue weighted by atomic mass is 35.5. The second-order valence-corrected chi connectivity index (χ2v) is 11.4. The third-order valence-electron chi connectivity index (χ3n) is 6.65. The normalized spacial score (nSPS) is 11.8. The van der Waals surface area contributed by atoms with Crippen LogP contribution in [0.5, 0.6) is 17.2 Å². The number of nitrogens with zero attached hydrogens (tertiary/aromatic N) is 2. The maximum Gasteiger partial charge on any atom is 0.265 e. The molecule has 41 heavy (non-hydrogen) atoms. The van der Waals surface area contributed by atoms with Crippen molar-refractivity contribution in [1.82, 2.24) is 10.2 Å². The lowest BCUT2D eigenvalue weighted by Crippen LogP contribution is -2.50. The Labute approximate surface area is 245 Å². The number of carbonyl (C=O) groups excluding carboxylic acids is 2. The number of sulfonamides is 1. The minimum atomic E-state index is -4.41. The second kappa shape index (κ2) is 13.6. The fourth-order valence-corrected chi connectivity index (χ4v) is 5.84. The smallest absolute Gasteiger partial charge is 0.265 e. The van der Waals surface area contributed by atoms with Crippen LogP contribution in [-0.2, 0) is 26.2 Å². The lowest BCUT2D eigenvalue weighted by molar-refractivity contribution is -0.139. The molecule has 10 nitrogen and oxygen atoms in total. The van der Waals surface area contributed by atoms with Gasteiger partial charge in [-0.2, -0.15) is 0 Å². The van der Waals surface area contributed by atoms with Crippen LogP contribution in [0.15, 0.2) is 65.6 Å². The van der Waals surface area contributed by atoms with Gasteiger partial charge in [-0.1, -0.05) is 35.9 Å². The molecular formula is C29H34ClN3O7S. The van der Waals surface area contributed by atoms with Gasteiger partial charge in [-0.25, -0.2) is 8.42 Å². The topological polar surface area (TPSA) is 114 Å². The van der Waals surface area contributed by atoms with Crippen molar-refractivity contribution in [3.63, 3.8) is 0 Å². The molecule has 0 saturated heterocycles.